The van der Waals surface area contributed by atoms with Crippen LogP contribution in [-0.2, 0) is 16.9 Å². The summed E-state index contributed by atoms with van der Waals surface area (Å²) in [4.78, 5) is 17.5. The lowest BCUT2D eigenvalue weighted by Crippen LogP contribution is -2.31. The Morgan fingerprint density at radius 2 is 1.77 bits per heavy atom. The minimum absolute atomic E-state index is 0.00126. The molecule has 8 nitrogen and oxygen atoms in total. The van der Waals surface area contributed by atoms with E-state index in [-0.39, 0.29) is 15.5 Å². The third-order valence-electron chi connectivity index (χ3n) is 4.71. The molecule has 31 heavy (non-hydrogen) atoms. The molecule has 0 bridgehead atoms. The molecular weight excluding hydrogens is 442 g/mol. The molecule has 1 unspecified atom stereocenters. The van der Waals surface area contributed by atoms with Crippen LogP contribution in [0.5, 0.6) is 11.5 Å². The Hall–Kier alpha value is -3.04. The number of halogens is 1. The van der Waals surface area contributed by atoms with Crippen molar-refractivity contribution in [3.63, 3.8) is 0 Å². The smallest absolute Gasteiger partial charge is 0.253 e. The van der Waals surface area contributed by atoms with Crippen LogP contribution in [0.2, 0.25) is 5.02 Å². The number of ether oxygens (including phenoxy) is 2. The van der Waals surface area contributed by atoms with Crippen molar-refractivity contribution in [3.8, 4) is 11.5 Å². The van der Waals surface area contributed by atoms with Crippen molar-refractivity contribution in [2.45, 2.75) is 10.9 Å². The van der Waals surface area contributed by atoms with Crippen molar-refractivity contribution in [2.24, 2.45) is 7.05 Å². The fourth-order valence-corrected chi connectivity index (χ4v) is 3.92. The van der Waals surface area contributed by atoms with E-state index in [9.17, 15) is 13.2 Å². The first kappa shape index (κ1) is 22.6. The van der Waals surface area contributed by atoms with Crippen LogP contribution in [0.15, 0.2) is 53.7 Å². The molecule has 0 aliphatic carbocycles. The zero-order valence-electron chi connectivity index (χ0n) is 17.4. The number of nitrogens with one attached hydrogen (secondary N) is 1. The molecule has 1 aromatic heterocycles. The van der Waals surface area contributed by atoms with Crippen LogP contribution >= 0.6 is 11.6 Å². The number of amides is 1. The molecule has 1 heterocycles. The van der Waals surface area contributed by atoms with Crippen molar-refractivity contribution in [3.05, 3.63) is 70.8 Å². The summed E-state index contributed by atoms with van der Waals surface area (Å²) in [6.45, 7) is 0. The van der Waals surface area contributed by atoms with Crippen LogP contribution in [0.1, 0.15) is 27.8 Å². The quantitative estimate of drug-likeness (QED) is 0.578. The summed E-state index contributed by atoms with van der Waals surface area (Å²) in [6.07, 6.45) is 4.43. The number of methoxy groups -OCH3 is 2. The van der Waals surface area contributed by atoms with Gasteiger partial charge in [0.15, 0.2) is 9.84 Å². The molecule has 0 saturated heterocycles. The fraction of sp³-hybridized carbons (Fsp3) is 0.238. The van der Waals surface area contributed by atoms with Crippen LogP contribution in [0.4, 0.5) is 0 Å². The molecule has 1 amide bonds. The Labute approximate surface area is 185 Å². The van der Waals surface area contributed by atoms with E-state index in [4.69, 9.17) is 21.1 Å². The maximum Gasteiger partial charge on any atom is 0.253 e. The summed E-state index contributed by atoms with van der Waals surface area (Å²) >= 11 is 6.21. The average Bonchev–Trinajstić information content (AvgIpc) is 3.16. The summed E-state index contributed by atoms with van der Waals surface area (Å²) in [5.41, 5.74) is 0.702. The molecule has 2 aromatic carbocycles. The lowest BCUT2D eigenvalue weighted by atomic mass is 10.0. The third-order valence-corrected chi connectivity index (χ3v) is 6.15. The van der Waals surface area contributed by atoms with Gasteiger partial charge in [0.05, 0.1) is 29.7 Å². The van der Waals surface area contributed by atoms with Gasteiger partial charge in [-0.15, -0.1) is 0 Å². The molecule has 0 saturated carbocycles. The zero-order valence-corrected chi connectivity index (χ0v) is 19.0. The number of carbonyl (C=O) groups is 1. The monoisotopic (exact) mass is 463 g/mol. The van der Waals surface area contributed by atoms with Crippen molar-refractivity contribution in [1.82, 2.24) is 14.9 Å². The molecule has 10 heteroatoms. The van der Waals surface area contributed by atoms with E-state index in [1.807, 2.05) is 0 Å². The predicted molar refractivity (Wildman–Crippen MR) is 117 cm³/mol. The van der Waals surface area contributed by atoms with E-state index in [0.717, 1.165) is 6.26 Å². The highest BCUT2D eigenvalue weighted by Crippen LogP contribution is 2.30. The van der Waals surface area contributed by atoms with E-state index < -0.39 is 21.8 Å². The molecule has 0 aliphatic heterocycles. The van der Waals surface area contributed by atoms with Gasteiger partial charge in [-0.1, -0.05) is 11.6 Å². The first-order chi connectivity index (χ1) is 14.6. The molecule has 164 valence electrons. The van der Waals surface area contributed by atoms with Gasteiger partial charge in [-0.05, 0) is 35.9 Å². The van der Waals surface area contributed by atoms with Crippen molar-refractivity contribution in [2.75, 3.05) is 20.5 Å². The van der Waals surface area contributed by atoms with Crippen LogP contribution < -0.4 is 14.8 Å². The van der Waals surface area contributed by atoms with Gasteiger partial charge in [-0.3, -0.25) is 4.79 Å². The number of imidazole rings is 1. The SMILES string of the molecule is COc1cc(OC)cc(C(NC(=O)c2cc(S(C)(=O)=O)ccc2Cl)c2nccn2C)c1. The van der Waals surface area contributed by atoms with E-state index >= 15 is 0 Å². The molecule has 3 aromatic rings. The van der Waals surface area contributed by atoms with Crippen molar-refractivity contribution >= 4 is 27.3 Å². The highest BCUT2D eigenvalue weighted by atomic mass is 35.5. The molecule has 0 spiro atoms. The second kappa shape index (κ2) is 8.99. The zero-order chi connectivity index (χ0) is 22.8. The number of carbonyl (C=O) groups excluding carboxylic acids is 1. The van der Waals surface area contributed by atoms with Gasteiger partial charge in [0.1, 0.15) is 23.4 Å². The van der Waals surface area contributed by atoms with Gasteiger partial charge in [-0.2, -0.15) is 0 Å². The molecule has 1 atom stereocenters. The minimum Gasteiger partial charge on any atom is -0.497 e. The summed E-state index contributed by atoms with van der Waals surface area (Å²) in [5, 5.41) is 3.03. The Balaban J connectivity index is 2.07. The maximum absolute atomic E-state index is 13.2. The predicted octanol–water partition coefficient (Wildman–Crippen LogP) is 3.01. The lowest BCUT2D eigenvalue weighted by molar-refractivity contribution is 0.0941. The molecular formula is C21H22ClN3O5S. The highest BCUT2D eigenvalue weighted by Gasteiger charge is 2.25. The summed E-state index contributed by atoms with van der Waals surface area (Å²) in [6, 6.07) is 8.55. The second-order valence-corrected chi connectivity index (χ2v) is 9.29. The number of aromatic nitrogens is 2. The van der Waals surface area contributed by atoms with Gasteiger partial charge in [-0.25, -0.2) is 13.4 Å². The van der Waals surface area contributed by atoms with Gasteiger partial charge < -0.3 is 19.4 Å². The largest absolute Gasteiger partial charge is 0.497 e. The van der Waals surface area contributed by atoms with E-state index in [0.29, 0.717) is 22.9 Å². The second-order valence-electron chi connectivity index (χ2n) is 6.86. The topological polar surface area (TPSA) is 99.5 Å². The van der Waals surface area contributed by atoms with Gasteiger partial charge in [0, 0.05) is 31.8 Å². The third kappa shape index (κ3) is 5.00. The van der Waals surface area contributed by atoms with Gasteiger partial charge >= 0.3 is 0 Å². The Morgan fingerprint density at radius 1 is 1.13 bits per heavy atom. The van der Waals surface area contributed by atoms with Crippen LogP contribution in [0.25, 0.3) is 0 Å². The molecule has 1 N–H and O–H groups in total. The number of rotatable bonds is 7. The van der Waals surface area contributed by atoms with E-state index in [1.54, 1.807) is 42.2 Å². The molecule has 0 fully saturated rings. The first-order valence-electron chi connectivity index (χ1n) is 9.14. The molecule has 0 aliphatic rings. The maximum atomic E-state index is 13.2. The van der Waals surface area contributed by atoms with Crippen molar-refractivity contribution in [1.29, 1.82) is 0 Å². The summed E-state index contributed by atoms with van der Waals surface area (Å²) in [7, 11) is 1.35. The van der Waals surface area contributed by atoms with Crippen LogP contribution in [-0.4, -0.2) is 44.4 Å². The molecule has 3 rings (SSSR count). The van der Waals surface area contributed by atoms with Crippen LogP contribution in [0.3, 0.4) is 0 Å². The standard InChI is InChI=1S/C21H22ClN3O5S/c1-25-8-7-23-20(25)19(13-9-14(29-2)11-15(10-13)30-3)24-21(26)17-12-16(31(4,27)28)5-6-18(17)22/h5-12,19H,1-4H3,(H,24,26). The first-order valence-corrected chi connectivity index (χ1v) is 11.4. The summed E-state index contributed by atoms with van der Waals surface area (Å²) < 4.78 is 36.3. The summed E-state index contributed by atoms with van der Waals surface area (Å²) in [5.74, 6) is 1.09. The number of hydrogen-bond acceptors (Lipinski definition) is 6. The normalized spacial score (nSPS) is 12.3. The van der Waals surface area contributed by atoms with Crippen LogP contribution in [0, 0.1) is 0 Å². The van der Waals surface area contributed by atoms with Crippen molar-refractivity contribution < 1.29 is 22.7 Å². The number of sulfone groups is 1. The fourth-order valence-electron chi connectivity index (χ4n) is 3.07. The number of benzene rings is 2. The molecule has 0 radical (unpaired) electrons. The number of aryl methyl sites for hydroxylation is 1. The minimum atomic E-state index is -3.51. The van der Waals surface area contributed by atoms with E-state index in [1.165, 1.54) is 32.4 Å². The van der Waals surface area contributed by atoms with Gasteiger partial charge in [0.2, 0.25) is 0 Å². The Kier molecular flexibility index (Phi) is 6.56. The Bertz CT molecular complexity index is 1200. The highest BCUT2D eigenvalue weighted by molar-refractivity contribution is 7.90. The Morgan fingerprint density at radius 3 is 2.29 bits per heavy atom. The average molecular weight is 464 g/mol. The van der Waals surface area contributed by atoms with Gasteiger partial charge in [0.25, 0.3) is 5.91 Å². The number of nitrogens with zero attached hydrogens (tertiary/aromatic N) is 2. The lowest BCUT2D eigenvalue weighted by Gasteiger charge is -2.21. The number of hydrogen-bond donors (Lipinski definition) is 1. The van der Waals surface area contributed by atoms with E-state index in [2.05, 4.69) is 10.3 Å².